The van der Waals surface area contributed by atoms with Gasteiger partial charge in [0.2, 0.25) is 0 Å². The lowest BCUT2D eigenvalue weighted by Gasteiger charge is -2.33. The monoisotopic (exact) mass is 720 g/mol. The maximum Gasteiger partial charge on any atom is 0.570 e. The first-order valence-electron chi connectivity index (χ1n) is 16.1. The van der Waals surface area contributed by atoms with Crippen LogP contribution >= 0.6 is 8.17 Å². The molecule has 0 amide bonds. The summed E-state index contributed by atoms with van der Waals surface area (Å²) in [4.78, 5) is 80.9. The third kappa shape index (κ3) is 23.7. The highest BCUT2D eigenvalue weighted by Crippen LogP contribution is 2.52. The Balaban J connectivity index is 2.68. The number of carboxylic acid groups (broad SMARTS) is 5. The first kappa shape index (κ1) is 43.7. The maximum atomic E-state index is 11.6. The van der Waals surface area contributed by atoms with Crippen molar-refractivity contribution in [3.8, 4) is 0 Å². The van der Waals surface area contributed by atoms with Crippen molar-refractivity contribution in [1.82, 2.24) is 14.7 Å². The molecule has 7 N–H and O–H groups in total. The number of hydrogen-bond donors (Lipinski definition) is 7. The Bertz CT molecular complexity index is 1110. The Morgan fingerprint density at radius 2 is 1.04 bits per heavy atom. The topological polar surface area (TPSA) is 255 Å². The summed E-state index contributed by atoms with van der Waals surface area (Å²) in [6, 6.07) is 9.11. The normalized spacial score (nSPS) is 12.4. The number of aryl methyl sites for hydroxylation is 1. The van der Waals surface area contributed by atoms with Crippen LogP contribution in [0.2, 0.25) is 0 Å². The van der Waals surface area contributed by atoms with Crippen LogP contribution in [0, 0.1) is 0 Å². The number of carbonyl (C=O) groups is 5. The van der Waals surface area contributed by atoms with Crippen molar-refractivity contribution in [3.63, 3.8) is 0 Å². The molecular weight excluding hydrogens is 669 g/mol. The first-order chi connectivity index (χ1) is 23.2. The van der Waals surface area contributed by atoms with Crippen LogP contribution in [0.5, 0.6) is 0 Å². The lowest BCUT2D eigenvalue weighted by Crippen LogP contribution is -2.52. The number of aliphatic carboxylic acids is 5. The van der Waals surface area contributed by atoms with Gasteiger partial charge in [-0.3, -0.25) is 38.7 Å². The third-order valence-corrected chi connectivity index (χ3v) is 8.37. The quantitative estimate of drug-likeness (QED) is 0.0426. The summed E-state index contributed by atoms with van der Waals surface area (Å²) >= 11 is 0. The van der Waals surface area contributed by atoms with E-state index >= 15 is 0 Å². The van der Waals surface area contributed by atoms with E-state index in [1.54, 1.807) is 0 Å². The molecular formula is C31H51N3O14P+. The number of benzene rings is 1. The van der Waals surface area contributed by atoms with Crippen molar-refractivity contribution >= 4 is 38.0 Å². The van der Waals surface area contributed by atoms with Gasteiger partial charge >= 0.3 is 38.0 Å². The summed E-state index contributed by atoms with van der Waals surface area (Å²) in [7, 11) is -4.43. The fourth-order valence-electron chi connectivity index (χ4n) is 5.08. The van der Waals surface area contributed by atoms with Crippen LogP contribution in [0.1, 0.15) is 56.9 Å². The molecule has 0 aliphatic carbocycles. The van der Waals surface area contributed by atoms with Gasteiger partial charge in [-0.15, -0.1) is 0 Å². The highest BCUT2D eigenvalue weighted by atomic mass is 31.2. The van der Waals surface area contributed by atoms with Crippen LogP contribution in [0.25, 0.3) is 0 Å². The number of carboxylic acids is 5. The average molecular weight is 721 g/mol. The predicted molar refractivity (Wildman–Crippen MR) is 177 cm³/mol. The average Bonchev–Trinajstić information content (AvgIpc) is 2.99. The van der Waals surface area contributed by atoms with Gasteiger partial charge in [0.25, 0.3) is 0 Å². The Hall–Kier alpha value is -3.28. The lowest BCUT2D eigenvalue weighted by atomic mass is 10.0. The SMILES string of the molecule is O=C(O)CN(CCN(CC(=O)O)CC(CO[P+](O)(O)OCCCCCCCCCCc1ccccc1)N(CC(=O)O)CC(=O)O)CC(=O)O. The van der Waals surface area contributed by atoms with Crippen LogP contribution in [0.15, 0.2) is 30.3 Å². The molecule has 0 heterocycles. The third-order valence-electron chi connectivity index (χ3n) is 7.37. The van der Waals surface area contributed by atoms with Crippen LogP contribution < -0.4 is 0 Å². The molecule has 1 unspecified atom stereocenters. The van der Waals surface area contributed by atoms with Gasteiger partial charge < -0.3 is 25.5 Å². The largest absolute Gasteiger partial charge is 0.570 e. The zero-order valence-electron chi connectivity index (χ0n) is 27.7. The van der Waals surface area contributed by atoms with E-state index in [0.29, 0.717) is 6.42 Å². The maximum absolute atomic E-state index is 11.6. The van der Waals surface area contributed by atoms with Gasteiger partial charge in [0.05, 0.1) is 38.8 Å². The smallest absolute Gasteiger partial charge is 0.480 e. The van der Waals surface area contributed by atoms with Gasteiger partial charge in [0.1, 0.15) is 13.2 Å². The van der Waals surface area contributed by atoms with E-state index in [9.17, 15) is 49.1 Å². The molecule has 0 fully saturated rings. The highest BCUT2D eigenvalue weighted by molar-refractivity contribution is 7.54. The molecule has 18 heteroatoms. The highest BCUT2D eigenvalue weighted by Gasteiger charge is 2.41. The van der Waals surface area contributed by atoms with Crippen LogP contribution in [0.3, 0.4) is 0 Å². The van der Waals surface area contributed by atoms with E-state index in [1.807, 2.05) is 18.2 Å². The second-order valence-corrected chi connectivity index (χ2v) is 13.2. The molecule has 49 heavy (non-hydrogen) atoms. The van der Waals surface area contributed by atoms with Crippen molar-refractivity contribution < 1.29 is 68.3 Å². The molecule has 17 nitrogen and oxygen atoms in total. The summed E-state index contributed by atoms with van der Waals surface area (Å²) in [5.74, 6) is -6.79. The van der Waals surface area contributed by atoms with Gasteiger partial charge in [-0.1, -0.05) is 68.9 Å². The van der Waals surface area contributed by atoms with E-state index in [-0.39, 0.29) is 26.2 Å². The van der Waals surface area contributed by atoms with Crippen molar-refractivity contribution in [2.45, 2.75) is 63.8 Å². The van der Waals surface area contributed by atoms with Crippen molar-refractivity contribution in [2.75, 3.05) is 65.6 Å². The molecule has 1 atom stereocenters. The number of rotatable bonds is 31. The summed E-state index contributed by atoms with van der Waals surface area (Å²) in [6.45, 7) is -5.10. The predicted octanol–water partition coefficient (Wildman–Crippen LogP) is 1.74. The molecule has 0 aromatic heterocycles. The number of hydrogen-bond acceptors (Lipinski definition) is 12. The van der Waals surface area contributed by atoms with Crippen LogP contribution in [-0.4, -0.2) is 151 Å². The second kappa shape index (κ2) is 24.8. The van der Waals surface area contributed by atoms with Gasteiger partial charge in [0.15, 0.2) is 0 Å². The molecule has 0 bridgehead atoms. The Morgan fingerprint density at radius 1 is 0.592 bits per heavy atom. The van der Waals surface area contributed by atoms with E-state index in [1.165, 1.54) is 10.5 Å². The molecule has 0 radical (unpaired) electrons. The molecule has 0 aliphatic rings. The molecule has 1 aromatic rings. The van der Waals surface area contributed by atoms with E-state index in [4.69, 9.17) is 19.3 Å². The fraction of sp³-hybridized carbons (Fsp3) is 0.645. The molecule has 1 rings (SSSR count). The van der Waals surface area contributed by atoms with Gasteiger partial charge in [-0.25, -0.2) is 0 Å². The second-order valence-electron chi connectivity index (χ2n) is 11.7. The molecule has 0 saturated heterocycles. The van der Waals surface area contributed by atoms with Gasteiger partial charge in [-0.05, 0) is 24.8 Å². The van der Waals surface area contributed by atoms with Crippen molar-refractivity contribution in [3.05, 3.63) is 35.9 Å². The van der Waals surface area contributed by atoms with Gasteiger partial charge in [0, 0.05) is 19.6 Å². The number of unbranched alkanes of at least 4 members (excludes halogenated alkanes) is 7. The molecule has 278 valence electrons. The van der Waals surface area contributed by atoms with E-state index in [0.717, 1.165) is 61.2 Å². The Kier molecular flexibility index (Phi) is 22.1. The first-order valence-corrected chi connectivity index (χ1v) is 17.6. The standard InChI is InChI=1S/C31H50N3O14P/c35-27(36)19-32(15-16-33(20-28(37)38)21-29(39)40)18-26(34(22-30(41)42)23-31(43)44)24-48-49(45,46)47-17-11-6-4-2-1-3-5-8-12-25-13-9-7-10-14-25/h7,9-10,13-14,26,45-46H,1-6,8,11-12,15-24H2,(H4-,35,36,37,38,39,40,41,42,43,44)/p+1. The molecule has 1 aromatic carbocycles. The Morgan fingerprint density at radius 3 is 1.55 bits per heavy atom. The lowest BCUT2D eigenvalue weighted by molar-refractivity contribution is -0.145. The number of nitrogens with zero attached hydrogens (tertiary/aromatic N) is 3. The minimum atomic E-state index is -4.43. The van der Waals surface area contributed by atoms with Gasteiger partial charge in [-0.2, -0.15) is 18.8 Å². The van der Waals surface area contributed by atoms with E-state index in [2.05, 4.69) is 12.1 Å². The van der Waals surface area contributed by atoms with Crippen molar-refractivity contribution in [2.24, 2.45) is 0 Å². The molecule has 0 aliphatic heterocycles. The van der Waals surface area contributed by atoms with Crippen molar-refractivity contribution in [1.29, 1.82) is 0 Å². The Labute approximate surface area is 286 Å². The summed E-state index contributed by atoms with van der Waals surface area (Å²) in [6.07, 6.45) is 8.84. The summed E-state index contributed by atoms with van der Waals surface area (Å²) in [5, 5.41) is 46.4. The summed E-state index contributed by atoms with van der Waals surface area (Å²) in [5.41, 5.74) is 1.34. The van der Waals surface area contributed by atoms with Crippen LogP contribution in [0.4, 0.5) is 0 Å². The fourth-order valence-corrected chi connectivity index (χ4v) is 5.89. The molecule has 0 saturated carbocycles. The van der Waals surface area contributed by atoms with Crippen LogP contribution in [-0.2, 0) is 39.4 Å². The minimum absolute atomic E-state index is 0.0371. The molecule has 0 spiro atoms. The van der Waals surface area contributed by atoms with E-state index < -0.39 is 83.4 Å². The minimum Gasteiger partial charge on any atom is -0.480 e. The zero-order valence-corrected chi connectivity index (χ0v) is 28.6. The summed E-state index contributed by atoms with van der Waals surface area (Å²) < 4.78 is 10.4. The zero-order chi connectivity index (χ0) is 36.7.